The van der Waals surface area contributed by atoms with Gasteiger partial charge in [0.15, 0.2) is 0 Å². The summed E-state index contributed by atoms with van der Waals surface area (Å²) in [4.78, 5) is 31.6. The number of nitrogens with two attached hydrogens (primary N) is 1. The lowest BCUT2D eigenvalue weighted by atomic mass is 9.75. The molecule has 0 radical (unpaired) electrons. The number of nitrogens with one attached hydrogen (secondary N) is 1. The van der Waals surface area contributed by atoms with Gasteiger partial charge in [0.2, 0.25) is 5.91 Å². The molecule has 1 amide bonds. The number of carbonyl (C=O) groups is 1. The van der Waals surface area contributed by atoms with E-state index >= 15 is 0 Å². The van der Waals surface area contributed by atoms with E-state index in [1.165, 1.54) is 0 Å². The zero-order valence-corrected chi connectivity index (χ0v) is 13.7. The van der Waals surface area contributed by atoms with Crippen LogP contribution in [0.3, 0.4) is 0 Å². The molecule has 0 spiro atoms. The quantitative estimate of drug-likeness (QED) is 0.620. The van der Waals surface area contributed by atoms with E-state index in [-0.39, 0.29) is 0 Å². The summed E-state index contributed by atoms with van der Waals surface area (Å²) >= 11 is 0. The van der Waals surface area contributed by atoms with Gasteiger partial charge >= 0.3 is 7.60 Å². The summed E-state index contributed by atoms with van der Waals surface area (Å²) in [6.07, 6.45) is 0.954. The highest BCUT2D eigenvalue weighted by Crippen LogP contribution is 2.63. The minimum atomic E-state index is -4.37. The van der Waals surface area contributed by atoms with Crippen molar-refractivity contribution in [1.82, 2.24) is 0 Å². The predicted octanol–water partition coefficient (Wildman–Crippen LogP) is 2.18. The summed E-state index contributed by atoms with van der Waals surface area (Å²) < 4.78 is 12.3. The number of primary amides is 1. The fraction of sp³-hybridized carbons (Fsp3) is 0.533. The van der Waals surface area contributed by atoms with Gasteiger partial charge < -0.3 is 20.8 Å². The lowest BCUT2D eigenvalue weighted by Gasteiger charge is -2.44. The van der Waals surface area contributed by atoms with Crippen molar-refractivity contribution in [3.63, 3.8) is 0 Å². The van der Waals surface area contributed by atoms with Crippen LogP contribution in [-0.4, -0.2) is 26.9 Å². The molecule has 5 N–H and O–H groups in total. The molecular weight excluding hydrogens is 303 g/mol. The Hall–Kier alpha value is -1.36. The highest BCUT2D eigenvalue weighted by molar-refractivity contribution is 7.53. The van der Waals surface area contributed by atoms with Gasteiger partial charge in [0.05, 0.1) is 5.16 Å². The number of carbonyl (C=O) groups excluding carboxylic acids is 1. The zero-order chi connectivity index (χ0) is 16.5. The van der Waals surface area contributed by atoms with E-state index in [2.05, 4.69) is 5.32 Å². The van der Waals surface area contributed by atoms with Gasteiger partial charge in [0, 0.05) is 11.6 Å². The van der Waals surface area contributed by atoms with Crippen molar-refractivity contribution in [3.8, 4) is 0 Å². The van der Waals surface area contributed by atoms with Crippen LogP contribution in [0.25, 0.3) is 0 Å². The number of hydrogen-bond donors (Lipinski definition) is 4. The maximum absolute atomic E-state index is 12.3. The van der Waals surface area contributed by atoms with E-state index < -0.39 is 30.6 Å². The van der Waals surface area contributed by atoms with Gasteiger partial charge in [-0.1, -0.05) is 32.0 Å². The SMILES string of the molecule is CCC(CC)([C@@H]1C[C@H](C(N)=O)Nc2ccccc21)P(=O)(O)O. The normalized spacial score (nSPS) is 21.8. The van der Waals surface area contributed by atoms with Gasteiger partial charge in [0.1, 0.15) is 6.04 Å². The molecule has 1 aromatic carbocycles. The summed E-state index contributed by atoms with van der Waals surface area (Å²) in [5, 5.41) is 1.89. The third-order valence-corrected chi connectivity index (χ3v) is 7.04. The number of rotatable bonds is 5. The molecule has 0 saturated heterocycles. The monoisotopic (exact) mass is 326 g/mol. The first-order chi connectivity index (χ1) is 10.3. The maximum atomic E-state index is 12.3. The van der Waals surface area contributed by atoms with Gasteiger partial charge in [-0.3, -0.25) is 9.36 Å². The smallest absolute Gasteiger partial charge is 0.332 e. The van der Waals surface area contributed by atoms with E-state index in [0.717, 1.165) is 11.3 Å². The summed E-state index contributed by atoms with van der Waals surface area (Å²) in [7, 11) is -4.37. The van der Waals surface area contributed by atoms with Gasteiger partial charge in [-0.2, -0.15) is 0 Å². The van der Waals surface area contributed by atoms with Crippen LogP contribution in [0.2, 0.25) is 0 Å². The van der Waals surface area contributed by atoms with Crippen molar-refractivity contribution in [2.24, 2.45) is 5.73 Å². The molecule has 0 bridgehead atoms. The Kier molecular flexibility index (Phi) is 4.66. The Labute approximate surface area is 130 Å². The number of amides is 1. The fourth-order valence-electron chi connectivity index (χ4n) is 3.60. The molecule has 0 aliphatic carbocycles. The van der Waals surface area contributed by atoms with Crippen LogP contribution in [0.4, 0.5) is 5.69 Å². The Morgan fingerprint density at radius 1 is 1.36 bits per heavy atom. The average molecular weight is 326 g/mol. The van der Waals surface area contributed by atoms with Crippen LogP contribution >= 0.6 is 7.60 Å². The number of fused-ring (bicyclic) bond motifs is 1. The molecule has 0 unspecified atom stereocenters. The minimum Gasteiger partial charge on any atom is -0.373 e. The van der Waals surface area contributed by atoms with E-state index in [9.17, 15) is 19.1 Å². The third kappa shape index (κ3) is 2.67. The van der Waals surface area contributed by atoms with Crippen LogP contribution in [0.15, 0.2) is 24.3 Å². The maximum Gasteiger partial charge on any atom is 0.332 e. The second-order valence-corrected chi connectivity index (χ2v) is 7.81. The van der Waals surface area contributed by atoms with Gasteiger partial charge in [-0.25, -0.2) is 0 Å². The molecule has 7 heteroatoms. The first-order valence-corrected chi connectivity index (χ1v) is 9.08. The van der Waals surface area contributed by atoms with E-state index in [4.69, 9.17) is 5.73 Å². The highest BCUT2D eigenvalue weighted by Gasteiger charge is 2.52. The van der Waals surface area contributed by atoms with Crippen molar-refractivity contribution >= 4 is 19.2 Å². The first kappa shape index (κ1) is 17.0. The largest absolute Gasteiger partial charge is 0.373 e. The number of anilines is 1. The Balaban J connectivity index is 2.61. The van der Waals surface area contributed by atoms with Crippen molar-refractivity contribution in [3.05, 3.63) is 29.8 Å². The van der Waals surface area contributed by atoms with E-state index in [0.29, 0.717) is 19.3 Å². The molecule has 1 aliphatic heterocycles. The van der Waals surface area contributed by atoms with E-state index in [1.54, 1.807) is 13.8 Å². The molecule has 22 heavy (non-hydrogen) atoms. The molecule has 2 rings (SSSR count). The van der Waals surface area contributed by atoms with E-state index in [1.807, 2.05) is 24.3 Å². The van der Waals surface area contributed by atoms with Crippen LogP contribution in [0, 0.1) is 0 Å². The lowest BCUT2D eigenvalue weighted by Crippen LogP contribution is -2.46. The number of benzene rings is 1. The Bertz CT molecular complexity index is 609. The Morgan fingerprint density at radius 3 is 2.45 bits per heavy atom. The van der Waals surface area contributed by atoms with Crippen molar-refractivity contribution in [2.45, 2.75) is 50.2 Å². The molecule has 1 aliphatic rings. The van der Waals surface area contributed by atoms with Crippen LogP contribution in [0.5, 0.6) is 0 Å². The average Bonchev–Trinajstić information content (AvgIpc) is 2.47. The molecular formula is C15H23N2O4P. The first-order valence-electron chi connectivity index (χ1n) is 7.47. The Morgan fingerprint density at radius 2 is 1.95 bits per heavy atom. The van der Waals surface area contributed by atoms with Crippen LogP contribution < -0.4 is 11.1 Å². The summed E-state index contributed by atoms with van der Waals surface area (Å²) in [6, 6.07) is 6.72. The third-order valence-electron chi connectivity index (χ3n) is 4.93. The molecule has 6 nitrogen and oxygen atoms in total. The van der Waals surface area contributed by atoms with Crippen molar-refractivity contribution < 1.29 is 19.1 Å². The van der Waals surface area contributed by atoms with Crippen molar-refractivity contribution in [2.75, 3.05) is 5.32 Å². The molecule has 0 aromatic heterocycles. The lowest BCUT2D eigenvalue weighted by molar-refractivity contribution is -0.119. The summed E-state index contributed by atoms with van der Waals surface area (Å²) in [5.41, 5.74) is 6.99. The molecule has 2 atom stereocenters. The second kappa shape index (κ2) is 6.03. The predicted molar refractivity (Wildman–Crippen MR) is 85.8 cm³/mol. The summed E-state index contributed by atoms with van der Waals surface area (Å²) in [5.74, 6) is -0.926. The topological polar surface area (TPSA) is 113 Å². The number of hydrogen-bond acceptors (Lipinski definition) is 3. The van der Waals surface area contributed by atoms with Crippen LogP contribution in [0.1, 0.15) is 44.6 Å². The van der Waals surface area contributed by atoms with Gasteiger partial charge in [0.25, 0.3) is 0 Å². The second-order valence-electron chi connectivity index (χ2n) is 5.83. The minimum absolute atomic E-state index is 0.291. The highest BCUT2D eigenvalue weighted by atomic mass is 31.2. The number of para-hydroxylation sites is 1. The molecule has 122 valence electrons. The summed E-state index contributed by atoms with van der Waals surface area (Å²) in [6.45, 7) is 3.57. The van der Waals surface area contributed by atoms with Gasteiger partial charge in [-0.05, 0) is 30.9 Å². The molecule has 0 saturated carbocycles. The molecule has 0 fully saturated rings. The van der Waals surface area contributed by atoms with Crippen LogP contribution in [-0.2, 0) is 9.36 Å². The standard InChI is InChI=1S/C15H23N2O4P/c1-3-15(4-2,22(19,20)21)11-9-13(14(16)18)17-12-8-6-5-7-10(11)12/h5-8,11,13,17H,3-4,9H2,1-2H3,(H2,16,18)(H2,19,20,21)/t11-,13-/m1/s1. The fourth-order valence-corrected chi connectivity index (χ4v) is 5.07. The molecule has 1 heterocycles. The zero-order valence-electron chi connectivity index (χ0n) is 12.8. The van der Waals surface area contributed by atoms with Crippen molar-refractivity contribution in [1.29, 1.82) is 0 Å². The van der Waals surface area contributed by atoms with Gasteiger partial charge in [-0.15, -0.1) is 0 Å². The molecule has 1 aromatic rings.